The average Bonchev–Trinajstić information content (AvgIpc) is 2.97. The molecule has 0 aromatic carbocycles. The molecular formula is C18H29N3O2. The number of aliphatic hydroxyl groups excluding tert-OH is 1. The normalized spacial score (nSPS) is 25.6. The Labute approximate surface area is 139 Å². The molecule has 2 unspecified atom stereocenters. The third-order valence-corrected chi connectivity index (χ3v) is 4.98. The second-order valence-electron chi connectivity index (χ2n) is 7.11. The van der Waals surface area contributed by atoms with Gasteiger partial charge in [-0.2, -0.15) is 0 Å². The van der Waals surface area contributed by atoms with Crippen LogP contribution in [-0.4, -0.2) is 71.4 Å². The van der Waals surface area contributed by atoms with Crippen LogP contribution in [0.15, 0.2) is 24.5 Å². The van der Waals surface area contributed by atoms with Crippen LogP contribution in [0, 0.1) is 5.92 Å². The summed E-state index contributed by atoms with van der Waals surface area (Å²) < 4.78 is 5.95. The highest BCUT2D eigenvalue weighted by Gasteiger charge is 2.26. The van der Waals surface area contributed by atoms with Crippen molar-refractivity contribution in [3.05, 3.63) is 24.5 Å². The Morgan fingerprint density at radius 1 is 1.22 bits per heavy atom. The molecule has 2 aliphatic heterocycles. The molecule has 1 N–H and O–H groups in total. The molecule has 128 valence electrons. The van der Waals surface area contributed by atoms with Crippen molar-refractivity contribution in [1.82, 2.24) is 14.8 Å². The molecule has 0 aliphatic carbocycles. The van der Waals surface area contributed by atoms with Crippen LogP contribution in [-0.2, 0) is 0 Å². The first-order chi connectivity index (χ1) is 11.2. The molecule has 0 radical (unpaired) electrons. The zero-order valence-electron chi connectivity index (χ0n) is 14.1. The number of rotatable bonds is 6. The zero-order chi connectivity index (χ0) is 16.1. The summed E-state index contributed by atoms with van der Waals surface area (Å²) in [5, 5.41) is 10.4. The molecule has 0 saturated carbocycles. The van der Waals surface area contributed by atoms with Gasteiger partial charge in [0.2, 0.25) is 0 Å². The highest BCUT2D eigenvalue weighted by atomic mass is 16.5. The molecule has 3 rings (SSSR count). The summed E-state index contributed by atoms with van der Waals surface area (Å²) in [6, 6.07) is 3.84. The van der Waals surface area contributed by atoms with E-state index in [9.17, 15) is 5.11 Å². The predicted molar refractivity (Wildman–Crippen MR) is 90.6 cm³/mol. The SMILES string of the molecule is CC1CCN(CC(O)CN2CCC(Oc3cccnc3)C2)CC1. The van der Waals surface area contributed by atoms with Gasteiger partial charge in [-0.25, -0.2) is 0 Å². The van der Waals surface area contributed by atoms with Crippen molar-refractivity contribution in [2.24, 2.45) is 5.92 Å². The molecule has 2 atom stereocenters. The Morgan fingerprint density at radius 3 is 2.70 bits per heavy atom. The molecule has 2 saturated heterocycles. The van der Waals surface area contributed by atoms with Gasteiger partial charge in [0.15, 0.2) is 0 Å². The molecule has 0 amide bonds. The van der Waals surface area contributed by atoms with E-state index >= 15 is 0 Å². The summed E-state index contributed by atoms with van der Waals surface area (Å²) in [5.74, 6) is 1.68. The Hall–Kier alpha value is -1.17. The molecule has 1 aromatic rings. The highest BCUT2D eigenvalue weighted by Crippen LogP contribution is 2.19. The van der Waals surface area contributed by atoms with Gasteiger partial charge in [-0.1, -0.05) is 6.92 Å². The van der Waals surface area contributed by atoms with Crippen LogP contribution in [0.3, 0.4) is 0 Å². The summed E-state index contributed by atoms with van der Waals surface area (Å²) in [4.78, 5) is 8.81. The maximum Gasteiger partial charge on any atom is 0.138 e. The zero-order valence-corrected chi connectivity index (χ0v) is 14.1. The summed E-state index contributed by atoms with van der Waals surface area (Å²) in [6.45, 7) is 8.02. The first-order valence-electron chi connectivity index (χ1n) is 8.88. The molecule has 2 aliphatic rings. The Kier molecular flexibility index (Phi) is 5.86. The minimum absolute atomic E-state index is 0.210. The van der Waals surface area contributed by atoms with Gasteiger partial charge in [0.1, 0.15) is 11.9 Å². The van der Waals surface area contributed by atoms with Gasteiger partial charge in [0, 0.05) is 32.4 Å². The fourth-order valence-electron chi connectivity index (χ4n) is 3.57. The van der Waals surface area contributed by atoms with E-state index < -0.39 is 0 Å². The molecule has 1 aromatic heterocycles. The molecule has 0 spiro atoms. The number of hydrogen-bond acceptors (Lipinski definition) is 5. The average molecular weight is 319 g/mol. The third kappa shape index (κ3) is 5.16. The molecule has 5 heteroatoms. The molecular weight excluding hydrogens is 290 g/mol. The van der Waals surface area contributed by atoms with Crippen molar-refractivity contribution < 1.29 is 9.84 Å². The quantitative estimate of drug-likeness (QED) is 0.863. The van der Waals surface area contributed by atoms with Gasteiger partial charge in [-0.15, -0.1) is 0 Å². The van der Waals surface area contributed by atoms with Crippen molar-refractivity contribution >= 4 is 0 Å². The van der Waals surface area contributed by atoms with E-state index in [-0.39, 0.29) is 12.2 Å². The summed E-state index contributed by atoms with van der Waals surface area (Å²) in [7, 11) is 0. The van der Waals surface area contributed by atoms with E-state index in [0.29, 0.717) is 0 Å². The summed E-state index contributed by atoms with van der Waals surface area (Å²) in [5.41, 5.74) is 0. The molecule has 23 heavy (non-hydrogen) atoms. The van der Waals surface area contributed by atoms with E-state index in [0.717, 1.165) is 57.4 Å². The summed E-state index contributed by atoms with van der Waals surface area (Å²) >= 11 is 0. The van der Waals surface area contributed by atoms with Gasteiger partial charge in [-0.05, 0) is 50.4 Å². The second kappa shape index (κ2) is 8.08. The maximum atomic E-state index is 10.4. The first kappa shape index (κ1) is 16.7. The topological polar surface area (TPSA) is 48.8 Å². The van der Waals surface area contributed by atoms with Crippen LogP contribution in [0.5, 0.6) is 5.75 Å². The van der Waals surface area contributed by atoms with Crippen molar-refractivity contribution in [1.29, 1.82) is 0 Å². The van der Waals surface area contributed by atoms with E-state index in [1.807, 2.05) is 12.1 Å². The number of nitrogens with zero attached hydrogens (tertiary/aromatic N) is 3. The number of ether oxygens (including phenoxy) is 1. The lowest BCUT2D eigenvalue weighted by Crippen LogP contribution is -2.42. The largest absolute Gasteiger partial charge is 0.487 e. The van der Waals surface area contributed by atoms with Gasteiger partial charge in [0.05, 0.1) is 12.3 Å². The number of piperidine rings is 1. The highest BCUT2D eigenvalue weighted by molar-refractivity contribution is 5.16. The van der Waals surface area contributed by atoms with E-state index in [4.69, 9.17) is 4.74 Å². The fraction of sp³-hybridized carbons (Fsp3) is 0.722. The number of aliphatic hydroxyl groups is 1. The van der Waals surface area contributed by atoms with Crippen LogP contribution in [0.4, 0.5) is 0 Å². The lowest BCUT2D eigenvalue weighted by molar-refractivity contribution is 0.0644. The fourth-order valence-corrected chi connectivity index (χ4v) is 3.57. The monoisotopic (exact) mass is 319 g/mol. The first-order valence-corrected chi connectivity index (χ1v) is 8.88. The van der Waals surface area contributed by atoms with Crippen LogP contribution >= 0.6 is 0 Å². The van der Waals surface area contributed by atoms with E-state index in [2.05, 4.69) is 21.7 Å². The third-order valence-electron chi connectivity index (χ3n) is 4.98. The predicted octanol–water partition coefficient (Wildman–Crippen LogP) is 1.63. The van der Waals surface area contributed by atoms with Gasteiger partial charge < -0.3 is 14.7 Å². The number of aromatic nitrogens is 1. The number of β-amino-alcohol motifs (C(OH)–C–C–N with tert-alkyl or cyclic N) is 1. The molecule has 3 heterocycles. The van der Waals surface area contributed by atoms with Crippen molar-refractivity contribution in [2.75, 3.05) is 39.3 Å². The van der Waals surface area contributed by atoms with E-state index in [1.54, 1.807) is 12.4 Å². The van der Waals surface area contributed by atoms with Gasteiger partial charge in [0.25, 0.3) is 0 Å². The summed E-state index contributed by atoms with van der Waals surface area (Å²) in [6.07, 6.45) is 7.00. The number of hydrogen-bond donors (Lipinski definition) is 1. The Morgan fingerprint density at radius 2 is 1.96 bits per heavy atom. The smallest absolute Gasteiger partial charge is 0.138 e. The molecule has 2 fully saturated rings. The Balaban J connectivity index is 1.37. The lowest BCUT2D eigenvalue weighted by Gasteiger charge is -2.32. The van der Waals surface area contributed by atoms with Crippen LogP contribution < -0.4 is 4.74 Å². The standard InChI is InChI=1S/C18H29N3O2/c1-15-4-8-20(9-5-15)12-16(22)13-21-10-6-18(14-21)23-17-3-2-7-19-11-17/h2-3,7,11,15-16,18,22H,4-6,8-10,12-14H2,1H3. The van der Waals surface area contributed by atoms with Crippen LogP contribution in [0.2, 0.25) is 0 Å². The van der Waals surface area contributed by atoms with Crippen molar-refractivity contribution in [2.45, 2.75) is 38.4 Å². The lowest BCUT2D eigenvalue weighted by atomic mass is 9.99. The van der Waals surface area contributed by atoms with Gasteiger partial charge >= 0.3 is 0 Å². The number of likely N-dealkylation sites (tertiary alicyclic amines) is 2. The Bertz CT molecular complexity index is 463. The molecule has 5 nitrogen and oxygen atoms in total. The minimum atomic E-state index is -0.263. The maximum absolute atomic E-state index is 10.4. The number of pyridine rings is 1. The molecule has 0 bridgehead atoms. The second-order valence-corrected chi connectivity index (χ2v) is 7.11. The van der Waals surface area contributed by atoms with E-state index in [1.165, 1.54) is 12.8 Å². The van der Waals surface area contributed by atoms with Gasteiger partial charge in [-0.3, -0.25) is 9.88 Å². The van der Waals surface area contributed by atoms with Crippen LogP contribution in [0.1, 0.15) is 26.2 Å². The van der Waals surface area contributed by atoms with Crippen LogP contribution in [0.25, 0.3) is 0 Å². The minimum Gasteiger partial charge on any atom is -0.487 e. The van der Waals surface area contributed by atoms with Crippen molar-refractivity contribution in [3.8, 4) is 5.75 Å². The van der Waals surface area contributed by atoms with Crippen molar-refractivity contribution in [3.63, 3.8) is 0 Å².